The van der Waals surface area contributed by atoms with Crippen molar-refractivity contribution in [2.75, 3.05) is 12.5 Å². The summed E-state index contributed by atoms with van der Waals surface area (Å²) < 4.78 is 4.51. The van der Waals surface area contributed by atoms with Gasteiger partial charge in [-0.05, 0) is 19.8 Å². The van der Waals surface area contributed by atoms with Gasteiger partial charge in [0.2, 0.25) is 5.78 Å². The van der Waals surface area contributed by atoms with E-state index in [9.17, 15) is 9.59 Å². The number of alkyl halides is 1. The molecule has 0 aromatic rings. The number of ketones is 1. The topological polar surface area (TPSA) is 43.4 Å². The van der Waals surface area contributed by atoms with E-state index >= 15 is 0 Å². The second kappa shape index (κ2) is 7.10. The first-order valence-corrected chi connectivity index (χ1v) is 4.51. The zero-order valence-electron chi connectivity index (χ0n) is 7.14. The second-order valence-electron chi connectivity index (χ2n) is 2.29. The van der Waals surface area contributed by atoms with Crippen molar-refractivity contribution < 1.29 is 14.3 Å². The number of carbonyl (C=O) groups excluding carboxylic acids is 2. The molecule has 0 radical (unpaired) electrons. The molecule has 0 fully saturated rings. The number of unbranched alkanes of at least 4 members (excludes halogenated alkanes) is 1. The molecule has 0 aromatic carbocycles. The molecule has 0 heterocycles. The molecule has 0 aromatic heterocycles. The summed E-state index contributed by atoms with van der Waals surface area (Å²) >= 11 is 5.40. The van der Waals surface area contributed by atoms with E-state index < -0.39 is 11.8 Å². The Morgan fingerprint density at radius 3 is 2.50 bits per heavy atom. The molecule has 4 heteroatoms. The smallest absolute Gasteiger partial charge is 0.374 e. The van der Waals surface area contributed by atoms with E-state index in [1.54, 1.807) is 6.92 Å². The van der Waals surface area contributed by atoms with Crippen LogP contribution in [0.1, 0.15) is 26.2 Å². The highest BCUT2D eigenvalue weighted by Gasteiger charge is 2.13. The van der Waals surface area contributed by atoms with Crippen LogP contribution in [-0.2, 0) is 14.3 Å². The van der Waals surface area contributed by atoms with Gasteiger partial charge < -0.3 is 4.74 Å². The molecule has 0 aliphatic carbocycles. The number of hydrogen-bond acceptors (Lipinski definition) is 3. The van der Waals surface area contributed by atoms with Crippen molar-refractivity contribution >= 4 is 23.4 Å². The van der Waals surface area contributed by atoms with Gasteiger partial charge in [-0.3, -0.25) is 4.79 Å². The van der Waals surface area contributed by atoms with Gasteiger partial charge in [-0.15, -0.1) is 11.6 Å². The van der Waals surface area contributed by atoms with E-state index in [1.807, 2.05) is 0 Å². The van der Waals surface area contributed by atoms with Crippen LogP contribution in [0.5, 0.6) is 0 Å². The van der Waals surface area contributed by atoms with Gasteiger partial charge in [-0.25, -0.2) is 4.79 Å². The van der Waals surface area contributed by atoms with Crippen molar-refractivity contribution in [3.63, 3.8) is 0 Å². The predicted octanol–water partition coefficient (Wildman–Crippen LogP) is 1.53. The first-order valence-electron chi connectivity index (χ1n) is 3.98. The number of halogens is 1. The second-order valence-corrected chi connectivity index (χ2v) is 2.67. The van der Waals surface area contributed by atoms with Crippen molar-refractivity contribution in [2.24, 2.45) is 0 Å². The largest absolute Gasteiger partial charge is 0.460 e. The number of esters is 1. The Kier molecular flexibility index (Phi) is 6.76. The molecule has 0 bridgehead atoms. The third-order valence-corrected chi connectivity index (χ3v) is 1.56. The maximum Gasteiger partial charge on any atom is 0.374 e. The molecule has 0 atom stereocenters. The highest BCUT2D eigenvalue weighted by atomic mass is 35.5. The van der Waals surface area contributed by atoms with Crippen LogP contribution in [0.3, 0.4) is 0 Å². The van der Waals surface area contributed by atoms with Crippen molar-refractivity contribution in [2.45, 2.75) is 26.2 Å². The first-order chi connectivity index (χ1) is 5.72. The monoisotopic (exact) mass is 192 g/mol. The molecule has 12 heavy (non-hydrogen) atoms. The molecule has 0 aliphatic rings. The van der Waals surface area contributed by atoms with Gasteiger partial charge in [0.05, 0.1) is 6.61 Å². The van der Waals surface area contributed by atoms with Crippen LogP contribution in [0.15, 0.2) is 0 Å². The summed E-state index contributed by atoms with van der Waals surface area (Å²) in [6.07, 6.45) is 1.65. The lowest BCUT2D eigenvalue weighted by Crippen LogP contribution is -2.16. The van der Waals surface area contributed by atoms with E-state index in [-0.39, 0.29) is 13.0 Å². The number of hydrogen-bond donors (Lipinski definition) is 0. The maximum absolute atomic E-state index is 10.9. The molecule has 0 unspecified atom stereocenters. The summed E-state index contributed by atoms with van der Waals surface area (Å²) in [6.45, 7) is 1.92. The molecule has 0 saturated carbocycles. The summed E-state index contributed by atoms with van der Waals surface area (Å²) in [5.41, 5.74) is 0. The van der Waals surface area contributed by atoms with Gasteiger partial charge in [0, 0.05) is 12.3 Å². The standard InChI is InChI=1S/C8H13ClO3/c1-2-12-8(11)7(10)5-3-4-6-9/h2-6H2,1H3. The van der Waals surface area contributed by atoms with E-state index in [0.29, 0.717) is 12.3 Å². The lowest BCUT2D eigenvalue weighted by atomic mass is 10.2. The lowest BCUT2D eigenvalue weighted by Gasteiger charge is -1.99. The van der Waals surface area contributed by atoms with E-state index in [1.165, 1.54) is 0 Å². The highest BCUT2D eigenvalue weighted by molar-refractivity contribution is 6.33. The number of rotatable bonds is 6. The van der Waals surface area contributed by atoms with Crippen LogP contribution in [0.25, 0.3) is 0 Å². The van der Waals surface area contributed by atoms with Crippen LogP contribution in [0.2, 0.25) is 0 Å². The molecular weight excluding hydrogens is 180 g/mol. The van der Waals surface area contributed by atoms with E-state index in [0.717, 1.165) is 6.42 Å². The minimum Gasteiger partial charge on any atom is -0.460 e. The first kappa shape index (κ1) is 11.4. The number of Topliss-reactive ketones (excluding diaryl/α,β-unsaturated/α-hetero) is 1. The third-order valence-electron chi connectivity index (χ3n) is 1.29. The summed E-state index contributed by atoms with van der Waals surface area (Å²) in [5.74, 6) is -0.662. The summed E-state index contributed by atoms with van der Waals surface area (Å²) in [6, 6.07) is 0. The van der Waals surface area contributed by atoms with Gasteiger partial charge in [0.25, 0.3) is 0 Å². The fourth-order valence-corrected chi connectivity index (χ4v) is 0.883. The fourth-order valence-electron chi connectivity index (χ4n) is 0.694. The van der Waals surface area contributed by atoms with Crippen LogP contribution in [0, 0.1) is 0 Å². The molecule has 0 aliphatic heterocycles. The molecule has 3 nitrogen and oxygen atoms in total. The summed E-state index contributed by atoms with van der Waals surface area (Å²) in [5, 5.41) is 0. The van der Waals surface area contributed by atoms with E-state index in [2.05, 4.69) is 4.74 Å². The normalized spacial score (nSPS) is 9.50. The van der Waals surface area contributed by atoms with Gasteiger partial charge in [-0.1, -0.05) is 0 Å². The number of ether oxygens (including phenoxy) is 1. The molecule has 0 rings (SSSR count). The van der Waals surface area contributed by atoms with Crippen LogP contribution < -0.4 is 0 Å². The third kappa shape index (κ3) is 5.13. The summed E-state index contributed by atoms with van der Waals surface area (Å²) in [7, 11) is 0. The molecular formula is C8H13ClO3. The zero-order valence-corrected chi connectivity index (χ0v) is 7.89. The zero-order chi connectivity index (χ0) is 9.40. The lowest BCUT2D eigenvalue weighted by molar-refractivity contribution is -0.153. The Bertz CT molecular complexity index is 156. The van der Waals surface area contributed by atoms with Crippen molar-refractivity contribution in [1.82, 2.24) is 0 Å². The Balaban J connectivity index is 3.50. The van der Waals surface area contributed by atoms with E-state index in [4.69, 9.17) is 11.6 Å². The van der Waals surface area contributed by atoms with Gasteiger partial charge in [0.15, 0.2) is 0 Å². The van der Waals surface area contributed by atoms with Gasteiger partial charge >= 0.3 is 5.97 Å². The molecule has 0 amide bonds. The van der Waals surface area contributed by atoms with Crippen molar-refractivity contribution in [3.05, 3.63) is 0 Å². The fraction of sp³-hybridized carbons (Fsp3) is 0.750. The minimum atomic E-state index is -0.730. The van der Waals surface area contributed by atoms with Crippen LogP contribution in [0.4, 0.5) is 0 Å². The van der Waals surface area contributed by atoms with Crippen LogP contribution in [-0.4, -0.2) is 24.2 Å². The maximum atomic E-state index is 10.9. The van der Waals surface area contributed by atoms with Gasteiger partial charge in [-0.2, -0.15) is 0 Å². The number of carbonyl (C=O) groups is 2. The molecule has 70 valence electrons. The Hall–Kier alpha value is -0.570. The molecule has 0 N–H and O–H groups in total. The minimum absolute atomic E-state index is 0.242. The Morgan fingerprint density at radius 2 is 2.00 bits per heavy atom. The molecule has 0 spiro atoms. The average Bonchev–Trinajstić information content (AvgIpc) is 2.05. The van der Waals surface area contributed by atoms with Crippen molar-refractivity contribution in [3.8, 4) is 0 Å². The molecule has 0 saturated heterocycles. The average molecular weight is 193 g/mol. The van der Waals surface area contributed by atoms with Crippen molar-refractivity contribution in [1.29, 1.82) is 0 Å². The summed E-state index contributed by atoms with van der Waals surface area (Å²) in [4.78, 5) is 21.6. The predicted molar refractivity (Wildman–Crippen MR) is 46.2 cm³/mol. The SMILES string of the molecule is CCOC(=O)C(=O)CCCCCl. The highest BCUT2D eigenvalue weighted by Crippen LogP contribution is 1.99. The van der Waals surface area contributed by atoms with Crippen LogP contribution >= 0.6 is 11.6 Å². The van der Waals surface area contributed by atoms with Gasteiger partial charge in [0.1, 0.15) is 0 Å². The Labute approximate surface area is 77.0 Å². The Morgan fingerprint density at radius 1 is 1.33 bits per heavy atom. The quantitative estimate of drug-likeness (QED) is 0.278.